The van der Waals surface area contributed by atoms with E-state index in [9.17, 15) is 13.2 Å². The smallest absolute Gasteiger partial charge is 0.281 e. The van der Waals surface area contributed by atoms with Gasteiger partial charge in [-0.2, -0.15) is 17.0 Å². The van der Waals surface area contributed by atoms with Crippen molar-refractivity contribution in [3.8, 4) is 0 Å². The van der Waals surface area contributed by atoms with E-state index < -0.39 is 10.2 Å². The van der Waals surface area contributed by atoms with Gasteiger partial charge >= 0.3 is 0 Å². The Hall–Kier alpha value is -0.960. The Morgan fingerprint density at radius 3 is 2.55 bits per heavy atom. The van der Waals surface area contributed by atoms with Gasteiger partial charge in [0.25, 0.3) is 16.1 Å². The summed E-state index contributed by atoms with van der Waals surface area (Å²) in [6, 6.07) is 3.66. The van der Waals surface area contributed by atoms with Gasteiger partial charge in [-0.15, -0.1) is 11.3 Å². The molecule has 0 radical (unpaired) electrons. The van der Waals surface area contributed by atoms with Crippen LogP contribution in [0, 0.1) is 0 Å². The molecule has 0 atom stereocenters. The van der Waals surface area contributed by atoms with E-state index in [-0.39, 0.29) is 11.9 Å². The Morgan fingerprint density at radius 1 is 1.40 bits per heavy atom. The summed E-state index contributed by atoms with van der Waals surface area (Å²) in [4.78, 5) is 12.6. The molecule has 1 amide bonds. The number of carbonyl (C=O) groups excluding carboxylic acids is 1. The highest BCUT2D eigenvalue weighted by Crippen LogP contribution is 2.16. The minimum absolute atomic E-state index is 0.0400. The summed E-state index contributed by atoms with van der Waals surface area (Å²) in [6.07, 6.45) is 1.29. The van der Waals surface area contributed by atoms with E-state index in [2.05, 4.69) is 5.32 Å². The molecule has 6 nitrogen and oxygen atoms in total. The predicted octanol–water partition coefficient (Wildman–Crippen LogP) is 0.749. The second kappa shape index (κ2) is 6.21. The largest absolute Gasteiger partial charge is 0.349 e. The molecule has 0 aliphatic carbocycles. The van der Waals surface area contributed by atoms with Crippen molar-refractivity contribution in [2.75, 3.05) is 27.2 Å². The average Bonchev–Trinajstić information content (AvgIpc) is 2.93. The van der Waals surface area contributed by atoms with Gasteiger partial charge in [0.15, 0.2) is 0 Å². The molecule has 1 N–H and O–H groups in total. The number of hydrogen-bond donors (Lipinski definition) is 1. The minimum Gasteiger partial charge on any atom is -0.349 e. The summed E-state index contributed by atoms with van der Waals surface area (Å²) in [7, 11) is -0.284. The van der Waals surface area contributed by atoms with E-state index in [1.54, 1.807) is 6.07 Å². The molecule has 20 heavy (non-hydrogen) atoms. The van der Waals surface area contributed by atoms with Crippen LogP contribution in [0.4, 0.5) is 0 Å². The van der Waals surface area contributed by atoms with Crippen LogP contribution in [-0.4, -0.2) is 56.2 Å². The fourth-order valence-electron chi connectivity index (χ4n) is 2.13. The van der Waals surface area contributed by atoms with Gasteiger partial charge in [-0.25, -0.2) is 0 Å². The lowest BCUT2D eigenvalue weighted by Gasteiger charge is -2.32. The molecule has 2 heterocycles. The zero-order valence-electron chi connectivity index (χ0n) is 11.6. The zero-order chi connectivity index (χ0) is 14.8. The second-order valence-corrected chi connectivity index (χ2v) is 8.00. The lowest BCUT2D eigenvalue weighted by Crippen LogP contribution is -2.49. The van der Waals surface area contributed by atoms with E-state index in [0.29, 0.717) is 30.8 Å². The van der Waals surface area contributed by atoms with Crippen molar-refractivity contribution in [1.29, 1.82) is 0 Å². The van der Waals surface area contributed by atoms with Gasteiger partial charge < -0.3 is 5.32 Å². The SMILES string of the molecule is CN(C)S(=O)(=O)N1CCC(NC(=O)c2cccs2)CC1. The Labute approximate surface area is 123 Å². The molecular weight excluding hydrogens is 298 g/mol. The first kappa shape index (κ1) is 15.4. The molecular formula is C12H19N3O3S2. The lowest BCUT2D eigenvalue weighted by atomic mass is 10.1. The molecule has 0 bridgehead atoms. The van der Waals surface area contributed by atoms with Crippen molar-refractivity contribution in [1.82, 2.24) is 13.9 Å². The molecule has 112 valence electrons. The summed E-state index contributed by atoms with van der Waals surface area (Å²) in [6.45, 7) is 0.881. The molecule has 0 unspecified atom stereocenters. The average molecular weight is 317 g/mol. The number of rotatable bonds is 4. The Morgan fingerprint density at radius 2 is 2.05 bits per heavy atom. The van der Waals surface area contributed by atoms with Crippen LogP contribution in [-0.2, 0) is 10.2 Å². The van der Waals surface area contributed by atoms with Gasteiger partial charge in [-0.3, -0.25) is 4.79 Å². The number of nitrogens with one attached hydrogen (secondary N) is 1. The van der Waals surface area contributed by atoms with Crippen LogP contribution in [0.3, 0.4) is 0 Å². The fraction of sp³-hybridized carbons (Fsp3) is 0.583. The molecule has 1 aliphatic heterocycles. The van der Waals surface area contributed by atoms with Crippen LogP contribution in [0.5, 0.6) is 0 Å². The van der Waals surface area contributed by atoms with Crippen molar-refractivity contribution >= 4 is 27.5 Å². The van der Waals surface area contributed by atoms with Crippen molar-refractivity contribution in [3.63, 3.8) is 0 Å². The molecule has 1 fully saturated rings. The molecule has 0 saturated carbocycles. The van der Waals surface area contributed by atoms with Crippen LogP contribution in [0.25, 0.3) is 0 Å². The third-order valence-electron chi connectivity index (χ3n) is 3.32. The molecule has 1 aromatic heterocycles. The van der Waals surface area contributed by atoms with E-state index in [1.807, 2.05) is 11.4 Å². The van der Waals surface area contributed by atoms with Crippen molar-refractivity contribution in [2.24, 2.45) is 0 Å². The van der Waals surface area contributed by atoms with Gasteiger partial charge in [-0.1, -0.05) is 6.07 Å². The molecule has 1 saturated heterocycles. The van der Waals surface area contributed by atoms with E-state index in [4.69, 9.17) is 0 Å². The first-order valence-corrected chi connectivity index (χ1v) is 8.71. The summed E-state index contributed by atoms with van der Waals surface area (Å²) in [5, 5.41) is 4.82. The number of carbonyl (C=O) groups is 1. The third-order valence-corrected chi connectivity index (χ3v) is 6.13. The highest BCUT2D eigenvalue weighted by molar-refractivity contribution is 7.86. The lowest BCUT2D eigenvalue weighted by molar-refractivity contribution is 0.0927. The van der Waals surface area contributed by atoms with Crippen molar-refractivity contribution in [3.05, 3.63) is 22.4 Å². The summed E-state index contributed by atoms with van der Waals surface area (Å²) >= 11 is 1.40. The van der Waals surface area contributed by atoms with Crippen LogP contribution >= 0.6 is 11.3 Å². The van der Waals surface area contributed by atoms with Gasteiger partial charge in [0.05, 0.1) is 4.88 Å². The predicted molar refractivity (Wildman–Crippen MR) is 79.0 cm³/mol. The minimum atomic E-state index is -3.34. The second-order valence-electron chi connectivity index (χ2n) is 4.91. The quantitative estimate of drug-likeness (QED) is 0.891. The first-order chi connectivity index (χ1) is 9.41. The molecule has 2 rings (SSSR count). The molecule has 1 aliphatic rings. The van der Waals surface area contributed by atoms with Crippen LogP contribution in [0.2, 0.25) is 0 Å². The molecule has 0 spiro atoms. The maximum Gasteiger partial charge on any atom is 0.281 e. The van der Waals surface area contributed by atoms with Crippen LogP contribution < -0.4 is 5.32 Å². The highest BCUT2D eigenvalue weighted by Gasteiger charge is 2.30. The number of amides is 1. The van der Waals surface area contributed by atoms with Crippen LogP contribution in [0.15, 0.2) is 17.5 Å². The van der Waals surface area contributed by atoms with E-state index >= 15 is 0 Å². The Balaban J connectivity index is 1.88. The van der Waals surface area contributed by atoms with Gasteiger partial charge in [0.2, 0.25) is 0 Å². The normalized spacial score (nSPS) is 18.4. The maximum absolute atomic E-state index is 12.0. The number of nitrogens with zero attached hydrogens (tertiary/aromatic N) is 2. The van der Waals surface area contributed by atoms with Crippen molar-refractivity contribution in [2.45, 2.75) is 18.9 Å². The summed E-state index contributed by atoms with van der Waals surface area (Å²) in [5.74, 6) is -0.0751. The highest BCUT2D eigenvalue weighted by atomic mass is 32.2. The first-order valence-electron chi connectivity index (χ1n) is 6.43. The standard InChI is InChI=1S/C12H19N3O3S2/c1-14(2)20(17,18)15-7-5-10(6-8-15)13-12(16)11-4-3-9-19-11/h3-4,9-10H,5-8H2,1-2H3,(H,13,16). The van der Waals surface area contributed by atoms with Crippen LogP contribution in [0.1, 0.15) is 22.5 Å². The Kier molecular flexibility index (Phi) is 4.79. The van der Waals surface area contributed by atoms with Gasteiger partial charge in [0.1, 0.15) is 0 Å². The number of piperidine rings is 1. The molecule has 1 aromatic rings. The number of thiophene rings is 1. The van der Waals surface area contributed by atoms with Gasteiger partial charge in [-0.05, 0) is 24.3 Å². The molecule has 0 aromatic carbocycles. The topological polar surface area (TPSA) is 69.7 Å². The van der Waals surface area contributed by atoms with E-state index in [0.717, 1.165) is 0 Å². The van der Waals surface area contributed by atoms with E-state index in [1.165, 1.54) is 34.0 Å². The monoisotopic (exact) mass is 317 g/mol. The number of hydrogen-bond acceptors (Lipinski definition) is 4. The van der Waals surface area contributed by atoms with Crippen molar-refractivity contribution < 1.29 is 13.2 Å². The molecule has 8 heteroatoms. The zero-order valence-corrected chi connectivity index (χ0v) is 13.2. The third kappa shape index (κ3) is 3.38. The Bertz CT molecular complexity index is 547. The van der Waals surface area contributed by atoms with Gasteiger partial charge in [0, 0.05) is 33.2 Å². The summed E-state index contributed by atoms with van der Waals surface area (Å²) < 4.78 is 26.6. The summed E-state index contributed by atoms with van der Waals surface area (Å²) in [5.41, 5.74) is 0. The maximum atomic E-state index is 12.0. The fourth-order valence-corrected chi connectivity index (χ4v) is 3.89.